The molecule has 2 aromatic rings. The maximum absolute atomic E-state index is 13.5. The lowest BCUT2D eigenvalue weighted by Crippen LogP contribution is -2.21. The fourth-order valence-corrected chi connectivity index (χ4v) is 1.98. The number of hydrogen-bond acceptors (Lipinski definition) is 4. The summed E-state index contributed by atoms with van der Waals surface area (Å²) in [6, 6.07) is 7.33. The number of carbonyl (C=O) groups excluding carboxylic acids is 2. The van der Waals surface area contributed by atoms with E-state index in [1.807, 2.05) is 0 Å². The number of benzene rings is 2. The van der Waals surface area contributed by atoms with Crippen LogP contribution in [0.25, 0.3) is 0 Å². The van der Waals surface area contributed by atoms with Gasteiger partial charge in [0.25, 0.3) is 5.91 Å². The first-order valence-corrected chi connectivity index (χ1v) is 7.18. The maximum Gasteiger partial charge on any atom is 0.416 e. The summed E-state index contributed by atoms with van der Waals surface area (Å²) in [4.78, 5) is 23.5. The van der Waals surface area contributed by atoms with Crippen LogP contribution in [0.3, 0.4) is 0 Å². The van der Waals surface area contributed by atoms with Crippen molar-refractivity contribution in [1.29, 1.82) is 0 Å². The largest absolute Gasteiger partial charge is 0.494 e. The van der Waals surface area contributed by atoms with Gasteiger partial charge in [-0.15, -0.1) is 0 Å². The highest BCUT2D eigenvalue weighted by molar-refractivity contribution is 5.95. The number of hydrogen-bond donors (Lipinski definition) is 1. The van der Waals surface area contributed by atoms with E-state index in [0.717, 1.165) is 24.3 Å². The van der Waals surface area contributed by atoms with Crippen molar-refractivity contribution in [1.82, 2.24) is 0 Å². The second-order valence-electron chi connectivity index (χ2n) is 5.05. The fraction of sp³-hybridized carbons (Fsp3) is 0.176. The molecule has 9 heteroatoms. The van der Waals surface area contributed by atoms with Gasteiger partial charge in [-0.3, -0.25) is 4.79 Å². The molecule has 0 aromatic heterocycles. The van der Waals surface area contributed by atoms with Gasteiger partial charge in [-0.25, -0.2) is 9.18 Å². The van der Waals surface area contributed by atoms with E-state index in [0.29, 0.717) is 0 Å². The highest BCUT2D eigenvalue weighted by Crippen LogP contribution is 2.30. The van der Waals surface area contributed by atoms with Crippen LogP contribution >= 0.6 is 0 Å². The van der Waals surface area contributed by atoms with Crippen LogP contribution in [0.1, 0.15) is 15.9 Å². The molecule has 2 aromatic carbocycles. The van der Waals surface area contributed by atoms with E-state index in [1.54, 1.807) is 0 Å². The van der Waals surface area contributed by atoms with Crippen LogP contribution in [0.4, 0.5) is 23.2 Å². The van der Waals surface area contributed by atoms with Crippen LogP contribution in [0.2, 0.25) is 0 Å². The summed E-state index contributed by atoms with van der Waals surface area (Å²) < 4.78 is 60.8. The van der Waals surface area contributed by atoms with Crippen molar-refractivity contribution >= 4 is 17.6 Å². The molecule has 0 saturated carbocycles. The molecule has 0 saturated heterocycles. The Kier molecular flexibility index (Phi) is 5.81. The zero-order valence-corrected chi connectivity index (χ0v) is 13.4. The van der Waals surface area contributed by atoms with Crippen LogP contribution in [-0.2, 0) is 15.7 Å². The summed E-state index contributed by atoms with van der Waals surface area (Å²) in [7, 11) is 1.26. The number of alkyl halides is 3. The summed E-state index contributed by atoms with van der Waals surface area (Å²) in [5.41, 5.74) is -1.17. The molecule has 0 radical (unpaired) electrons. The summed E-state index contributed by atoms with van der Waals surface area (Å²) >= 11 is 0. The highest BCUT2D eigenvalue weighted by Gasteiger charge is 2.30. The van der Waals surface area contributed by atoms with E-state index in [2.05, 4.69) is 5.32 Å². The summed E-state index contributed by atoms with van der Waals surface area (Å²) in [6.07, 6.45) is -4.55. The van der Waals surface area contributed by atoms with Crippen molar-refractivity contribution in [3.63, 3.8) is 0 Å². The Morgan fingerprint density at radius 3 is 2.46 bits per heavy atom. The summed E-state index contributed by atoms with van der Waals surface area (Å²) in [5.74, 6) is -2.66. The zero-order chi connectivity index (χ0) is 19.3. The number of nitrogens with one attached hydrogen (secondary N) is 1. The molecule has 26 heavy (non-hydrogen) atoms. The minimum Gasteiger partial charge on any atom is -0.494 e. The van der Waals surface area contributed by atoms with Crippen LogP contribution < -0.4 is 10.1 Å². The molecule has 1 N–H and O–H groups in total. The second kappa shape index (κ2) is 7.85. The SMILES string of the molecule is COc1ccc(C(=O)OCC(=O)Nc2cccc(C(F)(F)F)c2)cc1F. The van der Waals surface area contributed by atoms with Gasteiger partial charge in [0.2, 0.25) is 0 Å². The van der Waals surface area contributed by atoms with E-state index in [9.17, 15) is 27.2 Å². The zero-order valence-electron chi connectivity index (χ0n) is 13.4. The molecule has 0 bridgehead atoms. The topological polar surface area (TPSA) is 64.6 Å². The van der Waals surface area contributed by atoms with Gasteiger partial charge >= 0.3 is 12.1 Å². The van der Waals surface area contributed by atoms with Crippen molar-refractivity contribution in [3.8, 4) is 5.75 Å². The molecule has 138 valence electrons. The Bertz CT molecular complexity index is 821. The molecule has 5 nitrogen and oxygen atoms in total. The lowest BCUT2D eigenvalue weighted by molar-refractivity contribution is -0.137. The van der Waals surface area contributed by atoms with Crippen molar-refractivity contribution in [2.75, 3.05) is 19.0 Å². The highest BCUT2D eigenvalue weighted by atomic mass is 19.4. The molecule has 0 aliphatic rings. The van der Waals surface area contributed by atoms with Gasteiger partial charge in [0.05, 0.1) is 18.2 Å². The molecular formula is C17H13F4NO4. The molecule has 0 unspecified atom stereocenters. The van der Waals surface area contributed by atoms with Crippen molar-refractivity contribution in [2.24, 2.45) is 0 Å². The van der Waals surface area contributed by atoms with Crippen LogP contribution in [-0.4, -0.2) is 25.6 Å². The molecule has 0 heterocycles. The van der Waals surface area contributed by atoms with Gasteiger partial charge in [0, 0.05) is 5.69 Å². The first kappa shape index (κ1) is 19.2. The Morgan fingerprint density at radius 2 is 1.85 bits per heavy atom. The third kappa shape index (κ3) is 4.95. The molecule has 0 fully saturated rings. The van der Waals surface area contributed by atoms with Gasteiger partial charge in [-0.05, 0) is 36.4 Å². The van der Waals surface area contributed by atoms with Crippen molar-refractivity contribution in [2.45, 2.75) is 6.18 Å². The quantitative estimate of drug-likeness (QED) is 0.644. The van der Waals surface area contributed by atoms with Gasteiger partial charge in [-0.1, -0.05) is 6.07 Å². The molecule has 2 rings (SSSR count). The average molecular weight is 371 g/mol. The lowest BCUT2D eigenvalue weighted by atomic mass is 10.2. The predicted octanol–water partition coefficient (Wildman–Crippen LogP) is 3.65. The fourth-order valence-electron chi connectivity index (χ4n) is 1.98. The number of anilines is 1. The molecule has 0 aliphatic heterocycles. The first-order chi connectivity index (χ1) is 12.2. The predicted molar refractivity (Wildman–Crippen MR) is 83.3 cm³/mol. The number of halogens is 4. The van der Waals surface area contributed by atoms with E-state index in [4.69, 9.17) is 9.47 Å². The van der Waals surface area contributed by atoms with Crippen LogP contribution in [0, 0.1) is 5.82 Å². The van der Waals surface area contributed by atoms with E-state index in [1.165, 1.54) is 25.3 Å². The third-order valence-corrected chi connectivity index (χ3v) is 3.20. The minimum atomic E-state index is -4.55. The van der Waals surface area contributed by atoms with Gasteiger partial charge in [-0.2, -0.15) is 13.2 Å². The maximum atomic E-state index is 13.5. The van der Waals surface area contributed by atoms with Gasteiger partial charge < -0.3 is 14.8 Å². The normalized spacial score (nSPS) is 11.0. The summed E-state index contributed by atoms with van der Waals surface area (Å²) in [5, 5.41) is 2.18. The Balaban J connectivity index is 1.94. The van der Waals surface area contributed by atoms with Gasteiger partial charge in [0.1, 0.15) is 0 Å². The van der Waals surface area contributed by atoms with Crippen molar-refractivity contribution < 1.29 is 36.6 Å². The Morgan fingerprint density at radius 1 is 1.12 bits per heavy atom. The van der Waals surface area contributed by atoms with E-state index in [-0.39, 0.29) is 17.0 Å². The van der Waals surface area contributed by atoms with Gasteiger partial charge in [0.15, 0.2) is 18.2 Å². The molecule has 1 amide bonds. The first-order valence-electron chi connectivity index (χ1n) is 7.18. The number of carbonyl (C=O) groups is 2. The molecule has 0 spiro atoms. The smallest absolute Gasteiger partial charge is 0.416 e. The number of amides is 1. The summed E-state index contributed by atoms with van der Waals surface area (Å²) in [6.45, 7) is -0.747. The second-order valence-corrected chi connectivity index (χ2v) is 5.05. The third-order valence-electron chi connectivity index (χ3n) is 3.20. The number of methoxy groups -OCH3 is 1. The van der Waals surface area contributed by atoms with Crippen LogP contribution in [0.15, 0.2) is 42.5 Å². The molecular weight excluding hydrogens is 358 g/mol. The van der Waals surface area contributed by atoms with Crippen LogP contribution in [0.5, 0.6) is 5.75 Å². The standard InChI is InChI=1S/C17H13F4NO4/c1-25-14-6-5-10(7-13(14)18)16(24)26-9-15(23)22-12-4-2-3-11(8-12)17(19,20)21/h2-8H,9H2,1H3,(H,22,23). The molecule has 0 aliphatic carbocycles. The monoisotopic (exact) mass is 371 g/mol. The number of rotatable bonds is 5. The Hall–Kier alpha value is -3.10. The lowest BCUT2D eigenvalue weighted by Gasteiger charge is -2.10. The van der Waals surface area contributed by atoms with E-state index >= 15 is 0 Å². The Labute approximate surface area is 145 Å². The number of ether oxygens (including phenoxy) is 2. The number of esters is 1. The minimum absolute atomic E-state index is 0.0659. The van der Waals surface area contributed by atoms with E-state index < -0.39 is 36.0 Å². The molecule has 0 atom stereocenters. The van der Waals surface area contributed by atoms with Crippen molar-refractivity contribution in [3.05, 3.63) is 59.4 Å². The average Bonchev–Trinajstić information content (AvgIpc) is 2.59.